The third-order valence-corrected chi connectivity index (χ3v) is 4.56. The van der Waals surface area contributed by atoms with Crippen molar-refractivity contribution in [2.45, 2.75) is 13.8 Å². The number of hydrogen-bond acceptors (Lipinski definition) is 5. The number of pyridine rings is 1. The fourth-order valence-electron chi connectivity index (χ4n) is 2.88. The maximum absolute atomic E-state index is 12.4. The summed E-state index contributed by atoms with van der Waals surface area (Å²) in [7, 11) is 0. The van der Waals surface area contributed by atoms with E-state index in [1.165, 1.54) is 5.56 Å². The summed E-state index contributed by atoms with van der Waals surface area (Å²) in [6, 6.07) is 18.9. The number of hydrogen-bond donors (Lipinski definition) is 2. The monoisotopic (exact) mass is 369 g/mol. The molecule has 0 unspecified atom stereocenters. The molecule has 0 fully saturated rings. The van der Waals surface area contributed by atoms with Crippen LogP contribution in [0, 0.1) is 13.8 Å². The van der Waals surface area contributed by atoms with E-state index in [0.29, 0.717) is 5.82 Å². The molecule has 0 atom stereocenters. The number of amides is 1. The molecule has 2 aromatic heterocycles. The third-order valence-electron chi connectivity index (χ3n) is 4.56. The first kappa shape index (κ1) is 17.6. The van der Waals surface area contributed by atoms with Crippen LogP contribution < -0.4 is 10.6 Å². The molecule has 138 valence electrons. The molecule has 0 saturated heterocycles. The zero-order valence-corrected chi connectivity index (χ0v) is 15.6. The van der Waals surface area contributed by atoms with Crippen LogP contribution in [0.5, 0.6) is 0 Å². The van der Waals surface area contributed by atoms with Crippen LogP contribution in [-0.2, 0) is 0 Å². The van der Waals surface area contributed by atoms with Crippen molar-refractivity contribution in [1.29, 1.82) is 0 Å². The lowest BCUT2D eigenvalue weighted by Crippen LogP contribution is -2.14. The van der Waals surface area contributed by atoms with Gasteiger partial charge in [0.25, 0.3) is 5.91 Å². The van der Waals surface area contributed by atoms with Crippen molar-refractivity contribution in [2.24, 2.45) is 0 Å². The van der Waals surface area contributed by atoms with E-state index in [-0.39, 0.29) is 11.6 Å². The van der Waals surface area contributed by atoms with Crippen molar-refractivity contribution in [3.63, 3.8) is 0 Å². The Kier molecular flexibility index (Phi) is 4.68. The first-order valence-electron chi connectivity index (χ1n) is 8.93. The van der Waals surface area contributed by atoms with Crippen LogP contribution in [0.4, 0.5) is 17.2 Å². The molecule has 1 amide bonds. The number of carbonyl (C=O) groups excluding carboxylic acids is 1. The Bertz CT molecular complexity index is 1150. The number of nitrogens with zero attached hydrogens (tertiary/aromatic N) is 3. The molecule has 4 rings (SSSR count). The van der Waals surface area contributed by atoms with Crippen molar-refractivity contribution in [3.05, 3.63) is 83.7 Å². The van der Waals surface area contributed by atoms with E-state index in [2.05, 4.69) is 25.8 Å². The fourth-order valence-corrected chi connectivity index (χ4v) is 2.88. The molecule has 0 saturated carbocycles. The van der Waals surface area contributed by atoms with Gasteiger partial charge in [0.2, 0.25) is 0 Å². The second-order valence-corrected chi connectivity index (χ2v) is 6.56. The highest BCUT2D eigenvalue weighted by Gasteiger charge is 2.10. The Morgan fingerprint density at radius 1 is 0.893 bits per heavy atom. The van der Waals surface area contributed by atoms with Crippen molar-refractivity contribution < 1.29 is 4.79 Å². The second-order valence-electron chi connectivity index (χ2n) is 6.56. The summed E-state index contributed by atoms with van der Waals surface area (Å²) in [5.74, 6) is 0.245. The van der Waals surface area contributed by atoms with Gasteiger partial charge in [-0.2, -0.15) is 0 Å². The summed E-state index contributed by atoms with van der Waals surface area (Å²) in [5.41, 5.74) is 4.96. The highest BCUT2D eigenvalue weighted by atomic mass is 16.1. The Balaban J connectivity index is 1.50. The maximum atomic E-state index is 12.4. The lowest BCUT2D eigenvalue weighted by molar-refractivity contribution is 0.102. The van der Waals surface area contributed by atoms with Crippen LogP contribution in [0.15, 0.2) is 66.9 Å². The topological polar surface area (TPSA) is 79.8 Å². The lowest BCUT2D eigenvalue weighted by Gasteiger charge is -2.09. The minimum atomic E-state index is -0.297. The quantitative estimate of drug-likeness (QED) is 0.548. The summed E-state index contributed by atoms with van der Waals surface area (Å²) in [5, 5.41) is 15.3. The molecule has 0 aliphatic heterocycles. The van der Waals surface area contributed by atoms with E-state index in [1.807, 2.05) is 62.4 Å². The van der Waals surface area contributed by atoms with Crippen LogP contribution in [0.25, 0.3) is 10.9 Å². The van der Waals surface area contributed by atoms with Crippen LogP contribution in [0.2, 0.25) is 0 Å². The minimum Gasteiger partial charge on any atom is -0.337 e. The smallest absolute Gasteiger partial charge is 0.276 e. The van der Waals surface area contributed by atoms with E-state index in [9.17, 15) is 4.79 Å². The molecule has 0 spiro atoms. The molecule has 0 radical (unpaired) electrons. The van der Waals surface area contributed by atoms with Crippen molar-refractivity contribution in [3.8, 4) is 0 Å². The molecule has 2 N–H and O–H groups in total. The normalized spacial score (nSPS) is 10.6. The lowest BCUT2D eigenvalue weighted by atomic mass is 10.1. The molecular formula is C22H19N5O. The van der Waals surface area contributed by atoms with Crippen molar-refractivity contribution in [1.82, 2.24) is 15.2 Å². The zero-order chi connectivity index (χ0) is 19.5. The van der Waals surface area contributed by atoms with Crippen molar-refractivity contribution in [2.75, 3.05) is 10.6 Å². The van der Waals surface area contributed by atoms with Crippen LogP contribution in [-0.4, -0.2) is 21.1 Å². The van der Waals surface area contributed by atoms with Gasteiger partial charge in [0.15, 0.2) is 11.5 Å². The van der Waals surface area contributed by atoms with Gasteiger partial charge in [0.05, 0.1) is 11.2 Å². The number of nitrogens with one attached hydrogen (secondary N) is 2. The molecule has 4 aromatic rings. The molecule has 0 bridgehead atoms. The van der Waals surface area contributed by atoms with E-state index < -0.39 is 0 Å². The highest BCUT2D eigenvalue weighted by molar-refractivity contribution is 6.03. The predicted octanol–water partition coefficient (Wildman–Crippen LogP) is 4.64. The Labute approximate surface area is 162 Å². The third kappa shape index (κ3) is 3.66. The van der Waals surface area contributed by atoms with Gasteiger partial charge < -0.3 is 10.6 Å². The molecule has 6 heteroatoms. The van der Waals surface area contributed by atoms with Crippen molar-refractivity contribution >= 4 is 34.0 Å². The zero-order valence-electron chi connectivity index (χ0n) is 15.6. The van der Waals surface area contributed by atoms with Gasteiger partial charge >= 0.3 is 0 Å². The summed E-state index contributed by atoms with van der Waals surface area (Å²) >= 11 is 0. The molecule has 0 aliphatic rings. The van der Waals surface area contributed by atoms with Crippen LogP contribution in [0.1, 0.15) is 21.6 Å². The molecule has 2 heterocycles. The summed E-state index contributed by atoms with van der Waals surface area (Å²) in [4.78, 5) is 16.8. The summed E-state index contributed by atoms with van der Waals surface area (Å²) < 4.78 is 0. The largest absolute Gasteiger partial charge is 0.337 e. The SMILES string of the molecule is Cc1ccc(NC(=O)c2ccc(Nc3cccc4cccnc34)nn2)cc1C. The van der Waals surface area contributed by atoms with Gasteiger partial charge in [0, 0.05) is 17.3 Å². The number of carbonyl (C=O) groups is 1. The number of para-hydroxylation sites is 1. The van der Waals surface area contributed by atoms with Gasteiger partial charge in [-0.05, 0) is 61.4 Å². The molecule has 6 nitrogen and oxygen atoms in total. The average molecular weight is 369 g/mol. The average Bonchev–Trinajstić information content (AvgIpc) is 2.71. The first-order valence-corrected chi connectivity index (χ1v) is 8.93. The van der Waals surface area contributed by atoms with Gasteiger partial charge in [-0.3, -0.25) is 9.78 Å². The van der Waals surface area contributed by atoms with E-state index in [1.54, 1.807) is 18.3 Å². The van der Waals surface area contributed by atoms with E-state index in [4.69, 9.17) is 0 Å². The molecule has 28 heavy (non-hydrogen) atoms. The van der Waals surface area contributed by atoms with Crippen LogP contribution >= 0.6 is 0 Å². The highest BCUT2D eigenvalue weighted by Crippen LogP contribution is 2.23. The summed E-state index contributed by atoms with van der Waals surface area (Å²) in [6.45, 7) is 4.04. The van der Waals surface area contributed by atoms with Gasteiger partial charge in [0.1, 0.15) is 0 Å². The summed E-state index contributed by atoms with van der Waals surface area (Å²) in [6.07, 6.45) is 1.75. The van der Waals surface area contributed by atoms with Gasteiger partial charge in [-0.1, -0.05) is 24.3 Å². The number of fused-ring (bicyclic) bond motifs is 1. The minimum absolute atomic E-state index is 0.250. The fraction of sp³-hybridized carbons (Fsp3) is 0.0909. The standard InChI is InChI=1S/C22H19N5O/c1-14-8-9-17(13-15(14)2)24-22(28)19-10-11-20(27-26-19)25-18-7-3-5-16-6-4-12-23-21(16)18/h3-13H,1-2H3,(H,24,28)(H,25,27). The van der Waals surface area contributed by atoms with Gasteiger partial charge in [-0.15, -0.1) is 10.2 Å². The van der Waals surface area contributed by atoms with Gasteiger partial charge in [-0.25, -0.2) is 0 Å². The van der Waals surface area contributed by atoms with E-state index >= 15 is 0 Å². The Morgan fingerprint density at radius 2 is 1.75 bits per heavy atom. The number of aromatic nitrogens is 3. The molecular weight excluding hydrogens is 350 g/mol. The maximum Gasteiger partial charge on any atom is 0.276 e. The molecule has 0 aliphatic carbocycles. The van der Waals surface area contributed by atoms with Crippen LogP contribution in [0.3, 0.4) is 0 Å². The first-order chi connectivity index (χ1) is 13.6. The van der Waals surface area contributed by atoms with E-state index in [0.717, 1.165) is 27.8 Å². The Hall–Kier alpha value is -3.80. The predicted molar refractivity (Wildman–Crippen MR) is 111 cm³/mol. The Morgan fingerprint density at radius 3 is 2.54 bits per heavy atom. The molecule has 2 aromatic carbocycles. The second kappa shape index (κ2) is 7.44. The number of anilines is 3. The number of rotatable bonds is 4. The number of benzene rings is 2. The number of aryl methyl sites for hydroxylation is 2.